The van der Waals surface area contributed by atoms with Crippen molar-refractivity contribution in [3.63, 3.8) is 0 Å². The number of rotatable bonds is 7. The molecule has 0 radical (unpaired) electrons. The van der Waals surface area contributed by atoms with Crippen LogP contribution >= 0.6 is 23.2 Å². The van der Waals surface area contributed by atoms with Crippen molar-refractivity contribution in [1.29, 1.82) is 0 Å². The standard InChI is InChI=1S/C18H20Cl2N2O3/c1-12-10-15(17(24-2)11-14(12)20)22-18(23)21-8-5-9-25-16-7-4-3-6-13(16)19/h3-4,6-7,10-11H,5,8-9H2,1-2H3,(H2,21,22,23). The summed E-state index contributed by atoms with van der Waals surface area (Å²) in [5, 5.41) is 6.67. The van der Waals surface area contributed by atoms with Gasteiger partial charge in [0.15, 0.2) is 0 Å². The number of hydrogen-bond acceptors (Lipinski definition) is 3. The van der Waals surface area contributed by atoms with Crippen LogP contribution in [0, 0.1) is 6.92 Å². The molecule has 0 aliphatic carbocycles. The number of nitrogens with one attached hydrogen (secondary N) is 2. The van der Waals surface area contributed by atoms with Gasteiger partial charge in [0.05, 0.1) is 24.4 Å². The molecule has 0 saturated heterocycles. The van der Waals surface area contributed by atoms with E-state index in [9.17, 15) is 4.79 Å². The first kappa shape index (κ1) is 19.2. The average Bonchev–Trinajstić information content (AvgIpc) is 2.59. The van der Waals surface area contributed by atoms with Gasteiger partial charge in [0.2, 0.25) is 0 Å². The summed E-state index contributed by atoms with van der Waals surface area (Å²) in [7, 11) is 1.52. The van der Waals surface area contributed by atoms with Crippen LogP contribution in [-0.2, 0) is 0 Å². The number of ether oxygens (including phenoxy) is 2. The highest BCUT2D eigenvalue weighted by atomic mass is 35.5. The monoisotopic (exact) mass is 382 g/mol. The fourth-order valence-corrected chi connectivity index (χ4v) is 2.46. The fraction of sp³-hybridized carbons (Fsp3) is 0.278. The molecule has 5 nitrogen and oxygen atoms in total. The summed E-state index contributed by atoms with van der Waals surface area (Å²) in [6.07, 6.45) is 0.648. The lowest BCUT2D eigenvalue weighted by Gasteiger charge is -2.13. The van der Waals surface area contributed by atoms with E-state index < -0.39 is 0 Å². The average molecular weight is 383 g/mol. The van der Waals surface area contributed by atoms with E-state index >= 15 is 0 Å². The highest BCUT2D eigenvalue weighted by Gasteiger charge is 2.10. The zero-order chi connectivity index (χ0) is 18.2. The van der Waals surface area contributed by atoms with Crippen molar-refractivity contribution >= 4 is 34.9 Å². The molecule has 0 unspecified atom stereocenters. The van der Waals surface area contributed by atoms with Crippen LogP contribution in [0.5, 0.6) is 11.5 Å². The molecule has 0 bridgehead atoms. The lowest BCUT2D eigenvalue weighted by atomic mass is 10.2. The number of methoxy groups -OCH3 is 1. The summed E-state index contributed by atoms with van der Waals surface area (Å²) < 4.78 is 10.8. The van der Waals surface area contributed by atoms with Crippen LogP contribution < -0.4 is 20.1 Å². The van der Waals surface area contributed by atoms with Crippen LogP contribution in [0.1, 0.15) is 12.0 Å². The number of carbonyl (C=O) groups is 1. The molecule has 0 aliphatic rings. The number of hydrogen-bond donors (Lipinski definition) is 2. The van der Waals surface area contributed by atoms with Crippen LogP contribution in [0.25, 0.3) is 0 Å². The van der Waals surface area contributed by atoms with E-state index in [-0.39, 0.29) is 6.03 Å². The number of halogens is 2. The van der Waals surface area contributed by atoms with Gasteiger partial charge in [-0.25, -0.2) is 4.79 Å². The predicted molar refractivity (Wildman–Crippen MR) is 101 cm³/mol. The number of carbonyl (C=O) groups excluding carboxylic acids is 1. The SMILES string of the molecule is COc1cc(Cl)c(C)cc1NC(=O)NCCCOc1ccccc1Cl. The minimum Gasteiger partial charge on any atom is -0.495 e. The van der Waals surface area contributed by atoms with Gasteiger partial charge < -0.3 is 20.1 Å². The van der Waals surface area contributed by atoms with Crippen molar-refractivity contribution in [2.75, 3.05) is 25.6 Å². The second-order valence-electron chi connectivity index (χ2n) is 5.32. The summed E-state index contributed by atoms with van der Waals surface area (Å²) >= 11 is 12.1. The van der Waals surface area contributed by atoms with Gasteiger partial charge in [0, 0.05) is 17.6 Å². The zero-order valence-electron chi connectivity index (χ0n) is 14.1. The molecule has 2 amide bonds. The van der Waals surface area contributed by atoms with Crippen molar-refractivity contribution in [2.24, 2.45) is 0 Å². The lowest BCUT2D eigenvalue weighted by Crippen LogP contribution is -2.30. The van der Waals surface area contributed by atoms with Gasteiger partial charge in [0.1, 0.15) is 11.5 Å². The molecule has 2 N–H and O–H groups in total. The quantitative estimate of drug-likeness (QED) is 0.669. The molecule has 25 heavy (non-hydrogen) atoms. The normalized spacial score (nSPS) is 10.2. The molecule has 0 aliphatic heterocycles. The molecular formula is C18H20Cl2N2O3. The number of para-hydroxylation sites is 1. The van der Waals surface area contributed by atoms with Crippen LogP contribution in [0.2, 0.25) is 10.0 Å². The Balaban J connectivity index is 1.76. The highest BCUT2D eigenvalue weighted by molar-refractivity contribution is 6.32. The lowest BCUT2D eigenvalue weighted by molar-refractivity contribution is 0.250. The van der Waals surface area contributed by atoms with Crippen molar-refractivity contribution in [3.05, 3.63) is 52.0 Å². The van der Waals surface area contributed by atoms with Crippen LogP contribution in [0.4, 0.5) is 10.5 Å². The van der Waals surface area contributed by atoms with E-state index in [0.717, 1.165) is 5.56 Å². The molecule has 2 aromatic rings. The Morgan fingerprint density at radius 2 is 1.88 bits per heavy atom. The Kier molecular flexibility index (Phi) is 7.22. The molecule has 0 spiro atoms. The smallest absolute Gasteiger partial charge is 0.319 e. The van der Waals surface area contributed by atoms with Gasteiger partial charge in [-0.05, 0) is 37.1 Å². The van der Waals surface area contributed by atoms with Crippen molar-refractivity contribution in [1.82, 2.24) is 5.32 Å². The molecule has 7 heteroatoms. The first-order valence-corrected chi connectivity index (χ1v) is 8.53. The Morgan fingerprint density at radius 1 is 1.12 bits per heavy atom. The maximum absolute atomic E-state index is 12.0. The number of amides is 2. The van der Waals surface area contributed by atoms with Gasteiger partial charge in [-0.2, -0.15) is 0 Å². The molecule has 0 fully saturated rings. The third kappa shape index (κ3) is 5.73. The number of anilines is 1. The minimum absolute atomic E-state index is 0.322. The van der Waals surface area contributed by atoms with Crippen molar-refractivity contribution < 1.29 is 14.3 Å². The van der Waals surface area contributed by atoms with Crippen LogP contribution in [0.3, 0.4) is 0 Å². The maximum atomic E-state index is 12.0. The van der Waals surface area contributed by atoms with Gasteiger partial charge in [-0.15, -0.1) is 0 Å². The van der Waals surface area contributed by atoms with Crippen LogP contribution in [0.15, 0.2) is 36.4 Å². The van der Waals surface area contributed by atoms with Gasteiger partial charge >= 0.3 is 6.03 Å². The first-order valence-electron chi connectivity index (χ1n) is 7.77. The van der Waals surface area contributed by atoms with Gasteiger partial charge in [0.25, 0.3) is 0 Å². The zero-order valence-corrected chi connectivity index (χ0v) is 15.6. The summed E-state index contributed by atoms with van der Waals surface area (Å²) in [5.41, 5.74) is 1.42. The van der Waals surface area contributed by atoms with E-state index in [4.69, 9.17) is 32.7 Å². The summed E-state index contributed by atoms with van der Waals surface area (Å²) in [4.78, 5) is 12.0. The molecular weight excluding hydrogens is 363 g/mol. The minimum atomic E-state index is -0.322. The van der Waals surface area contributed by atoms with E-state index in [1.54, 1.807) is 24.3 Å². The molecule has 2 aromatic carbocycles. The van der Waals surface area contributed by atoms with E-state index in [0.29, 0.717) is 46.8 Å². The molecule has 0 heterocycles. The number of aryl methyl sites for hydroxylation is 1. The van der Waals surface area contributed by atoms with Gasteiger partial charge in [-0.3, -0.25) is 0 Å². The Morgan fingerprint density at radius 3 is 2.60 bits per heavy atom. The Labute approximate surface area is 157 Å². The maximum Gasteiger partial charge on any atom is 0.319 e. The van der Waals surface area contributed by atoms with E-state index in [1.807, 2.05) is 19.1 Å². The van der Waals surface area contributed by atoms with Crippen LogP contribution in [-0.4, -0.2) is 26.3 Å². The number of benzene rings is 2. The highest BCUT2D eigenvalue weighted by Crippen LogP contribution is 2.30. The summed E-state index contributed by atoms with van der Waals surface area (Å²) in [6, 6.07) is 10.4. The predicted octanol–water partition coefficient (Wildman–Crippen LogP) is 4.90. The summed E-state index contributed by atoms with van der Waals surface area (Å²) in [6.45, 7) is 2.77. The van der Waals surface area contributed by atoms with Gasteiger partial charge in [-0.1, -0.05) is 35.3 Å². The largest absolute Gasteiger partial charge is 0.495 e. The van der Waals surface area contributed by atoms with E-state index in [1.165, 1.54) is 7.11 Å². The molecule has 134 valence electrons. The van der Waals surface area contributed by atoms with E-state index in [2.05, 4.69) is 10.6 Å². The topological polar surface area (TPSA) is 59.6 Å². The van der Waals surface area contributed by atoms with Crippen molar-refractivity contribution in [3.8, 4) is 11.5 Å². The Bertz CT molecular complexity index is 738. The first-order chi connectivity index (χ1) is 12.0. The third-order valence-corrected chi connectivity index (χ3v) is 4.15. The molecule has 0 atom stereocenters. The number of urea groups is 1. The van der Waals surface area contributed by atoms with Crippen molar-refractivity contribution in [2.45, 2.75) is 13.3 Å². The molecule has 0 saturated carbocycles. The second-order valence-corrected chi connectivity index (χ2v) is 6.13. The second kappa shape index (κ2) is 9.39. The molecule has 2 rings (SSSR count). The summed E-state index contributed by atoms with van der Waals surface area (Å²) in [5.74, 6) is 1.14. The Hall–Kier alpha value is -2.11. The third-order valence-electron chi connectivity index (χ3n) is 3.43. The fourth-order valence-electron chi connectivity index (χ4n) is 2.11. The molecule has 0 aromatic heterocycles.